The summed E-state index contributed by atoms with van der Waals surface area (Å²) in [7, 11) is 2.67. The molecule has 14 heterocycles. The Morgan fingerprint density at radius 1 is 0.474 bits per heavy atom. The van der Waals surface area contributed by atoms with Gasteiger partial charge in [0, 0.05) is 118 Å². The third-order valence-corrected chi connectivity index (χ3v) is 20.4. The van der Waals surface area contributed by atoms with E-state index in [2.05, 4.69) is 35.2 Å². The SMILES string of the molecule is COC(=O)c1cc2c(o1)CCCn1ncc(Cl)c1-2.COC(=O)c1cc2c(o1)CCCn1nccc1-2.N[C@@H](Cc1ccc(F)c(F)c1)CN1C(=O)c2ccccc2C1=O.O=C(N[C@@H](Cc1ccc(F)c(F)c1)CN1C(=O)c2ccccc2C1=O)c1cc2c(o1)CCCn1ncc(Cl)c1-2.O=C(O)c1cc2c(o1)CCCn1ncc(Cl)c1-2. The van der Waals surface area contributed by atoms with Gasteiger partial charge >= 0.3 is 17.9 Å². The van der Waals surface area contributed by atoms with Crippen LogP contribution in [0.25, 0.3) is 45.0 Å². The highest BCUT2D eigenvalue weighted by Crippen LogP contribution is 2.40. The third kappa shape index (κ3) is 16.2. The van der Waals surface area contributed by atoms with Crippen LogP contribution in [-0.4, -0.2) is 141 Å². The Hall–Kier alpha value is -12.5. The van der Waals surface area contributed by atoms with Crippen LogP contribution >= 0.6 is 34.8 Å². The molecular formula is C80H67Cl3F4N12O15. The molecule has 8 aromatic heterocycles. The molecule has 0 fully saturated rings. The van der Waals surface area contributed by atoms with Gasteiger partial charge in [-0.2, -0.15) is 20.4 Å². The van der Waals surface area contributed by atoms with Crippen LogP contribution in [-0.2, 0) is 74.2 Å². The van der Waals surface area contributed by atoms with Crippen LogP contribution < -0.4 is 11.1 Å². The number of carbonyl (C=O) groups is 8. The Labute approximate surface area is 659 Å². The molecule has 0 saturated carbocycles. The average Bonchev–Trinajstić information content (AvgIpc) is 1.65. The number of ether oxygens (including phenoxy) is 2. The van der Waals surface area contributed by atoms with Crippen molar-refractivity contribution in [1.82, 2.24) is 54.2 Å². The van der Waals surface area contributed by atoms with Crippen molar-refractivity contribution in [2.24, 2.45) is 5.73 Å². The van der Waals surface area contributed by atoms with E-state index in [9.17, 15) is 55.9 Å². The number of aromatic carboxylic acids is 1. The van der Waals surface area contributed by atoms with Crippen LogP contribution in [0.3, 0.4) is 0 Å². The van der Waals surface area contributed by atoms with Crippen molar-refractivity contribution in [3.05, 3.63) is 258 Å². The quantitative estimate of drug-likeness (QED) is 0.0548. The Bertz CT molecular complexity index is 5700. The predicted octanol–water partition coefficient (Wildman–Crippen LogP) is 13.6. The van der Waals surface area contributed by atoms with Crippen molar-refractivity contribution in [3.8, 4) is 45.0 Å². The number of nitrogens with one attached hydrogen (secondary N) is 1. The predicted molar refractivity (Wildman–Crippen MR) is 401 cm³/mol. The van der Waals surface area contributed by atoms with Crippen LogP contribution in [0.15, 0.2) is 158 Å². The van der Waals surface area contributed by atoms with E-state index in [1.807, 2.05) is 15.4 Å². The van der Waals surface area contributed by atoms with Crippen molar-refractivity contribution in [3.63, 3.8) is 0 Å². The van der Waals surface area contributed by atoms with Gasteiger partial charge in [0.2, 0.25) is 17.3 Å². The normalized spacial score (nSPS) is 14.4. The summed E-state index contributed by atoms with van der Waals surface area (Å²) >= 11 is 18.6. The topological polar surface area (TPSA) is 344 Å². The molecule has 18 rings (SSSR count). The number of aromatic nitrogens is 8. The van der Waals surface area contributed by atoms with E-state index in [-0.39, 0.29) is 71.9 Å². The van der Waals surface area contributed by atoms with Crippen LogP contribution in [0, 0.1) is 23.3 Å². The molecule has 6 aliphatic rings. The van der Waals surface area contributed by atoms with Gasteiger partial charge in [-0.25, -0.2) is 31.9 Å². The molecule has 0 spiro atoms. The lowest BCUT2D eigenvalue weighted by Gasteiger charge is -2.23. The van der Waals surface area contributed by atoms with Crippen molar-refractivity contribution in [2.75, 3.05) is 27.3 Å². The Morgan fingerprint density at radius 2 is 0.851 bits per heavy atom. The van der Waals surface area contributed by atoms with Gasteiger partial charge < -0.3 is 43.3 Å². The number of aryl methyl sites for hydroxylation is 8. The first-order valence-electron chi connectivity index (χ1n) is 35.9. The molecule has 114 heavy (non-hydrogen) atoms. The minimum absolute atomic E-state index is 0.0170. The second-order valence-electron chi connectivity index (χ2n) is 27.0. The fraction of sp³-hybridized carbons (Fsp3) is 0.250. The zero-order valence-corrected chi connectivity index (χ0v) is 62.9. The van der Waals surface area contributed by atoms with E-state index in [4.69, 9.17) is 63.3 Å². The Morgan fingerprint density at radius 3 is 1.28 bits per heavy atom. The van der Waals surface area contributed by atoms with Crippen LogP contribution in [0.5, 0.6) is 0 Å². The first kappa shape index (κ1) is 78.2. The number of halogens is 7. The van der Waals surface area contributed by atoms with Gasteiger partial charge in [-0.15, -0.1) is 0 Å². The standard InChI is InChI=1S/C28H21ClF2N4O4.C17H14F2N2O2.C12H11ClN2O3.C12H12N2O3.C11H9ClN2O3/c29-20-13-32-35-9-3-6-23-19(25(20)35)12-24(39-23)26(36)33-16(10-15-7-8-21(30)22(31)11-15)14-34-27(37)17-4-1-2-5-18(17)28(34)38;18-14-6-5-10(8-15(14)19)7-11(20)9-21-16(22)12-3-1-2-4-13(12)17(21)23;1-17-12(16)10-5-7-9(18-10)3-2-4-15-11(7)8(13)6-14-15;1-16-12(15)11-7-8-9-4-5-13-14(9)6-2-3-10(8)17-11;12-7-5-13-14-3-1-2-8-6(10(7)14)4-9(17-8)11(15)16/h1-2,4-5,7-8,11-13,16H,3,6,9-10,14H2,(H,33,36);1-6,8,11H,7,9,20H2;5-6H,2-4H2,1H3;4-5,7H,2-3,6H2,1H3;4-5H,1-3H2,(H,15,16)/t16-;11-;;;/m00.../s1. The molecule has 6 aliphatic heterocycles. The summed E-state index contributed by atoms with van der Waals surface area (Å²) in [6, 6.07) is 27.0. The molecule has 5 amide bonds. The fourth-order valence-electron chi connectivity index (χ4n) is 14.3. The monoisotopic (exact) mass is 1620 g/mol. The van der Waals surface area contributed by atoms with E-state index in [0.717, 1.165) is 138 Å². The summed E-state index contributed by atoms with van der Waals surface area (Å²) in [5.74, 6) is -4.97. The number of methoxy groups -OCH3 is 2. The number of imide groups is 2. The molecule has 0 aliphatic carbocycles. The number of nitrogens with two attached hydrogens (primary N) is 1. The number of nitrogens with zero attached hydrogens (tertiary/aromatic N) is 10. The van der Waals surface area contributed by atoms with E-state index >= 15 is 0 Å². The molecule has 586 valence electrons. The number of hydrogen-bond acceptors (Lipinski definition) is 19. The lowest BCUT2D eigenvalue weighted by molar-refractivity contribution is 0.0555. The fourth-order valence-corrected chi connectivity index (χ4v) is 15.0. The second-order valence-corrected chi connectivity index (χ2v) is 28.2. The highest BCUT2D eigenvalue weighted by Gasteiger charge is 2.39. The first-order chi connectivity index (χ1) is 54.9. The summed E-state index contributed by atoms with van der Waals surface area (Å²) in [5, 5.41) is 30.2. The largest absolute Gasteiger partial charge is 0.475 e. The maximum Gasteiger partial charge on any atom is 0.373 e. The average molecular weight is 1620 g/mol. The minimum atomic E-state index is -1.07. The van der Waals surface area contributed by atoms with Gasteiger partial charge in [0.15, 0.2) is 29.0 Å². The van der Waals surface area contributed by atoms with Gasteiger partial charge in [-0.3, -0.25) is 52.5 Å². The van der Waals surface area contributed by atoms with E-state index < -0.39 is 71.0 Å². The van der Waals surface area contributed by atoms with Crippen molar-refractivity contribution in [1.29, 1.82) is 0 Å². The number of carboxylic acid groups (broad SMARTS) is 1. The van der Waals surface area contributed by atoms with Gasteiger partial charge in [-0.1, -0.05) is 71.2 Å². The zero-order valence-electron chi connectivity index (χ0n) is 60.6. The zero-order chi connectivity index (χ0) is 80.3. The number of carbonyl (C=O) groups excluding carboxylic acids is 7. The summed E-state index contributed by atoms with van der Waals surface area (Å²) in [4.78, 5) is 99.7. The maximum atomic E-state index is 13.9. The van der Waals surface area contributed by atoms with Gasteiger partial charge in [-0.05, 0) is 110 Å². The molecule has 27 nitrogen and oxygen atoms in total. The van der Waals surface area contributed by atoms with Gasteiger partial charge in [0.05, 0.1) is 98.9 Å². The second kappa shape index (κ2) is 33.5. The Balaban J connectivity index is 0.000000124. The van der Waals surface area contributed by atoms with Crippen molar-refractivity contribution in [2.45, 2.75) is 102 Å². The first-order valence-corrected chi connectivity index (χ1v) is 37.0. The number of benzene rings is 4. The lowest BCUT2D eigenvalue weighted by atomic mass is 10.0. The van der Waals surface area contributed by atoms with E-state index in [0.29, 0.717) is 79.5 Å². The van der Waals surface area contributed by atoms with Gasteiger partial charge in [0.25, 0.3) is 29.5 Å². The highest BCUT2D eigenvalue weighted by atomic mass is 35.5. The molecular weight excluding hydrogens is 1550 g/mol. The summed E-state index contributed by atoms with van der Waals surface area (Å²) in [6.07, 6.45) is 13.0. The molecule has 4 aromatic carbocycles. The molecule has 4 N–H and O–H groups in total. The molecule has 34 heteroatoms. The smallest absolute Gasteiger partial charge is 0.373 e. The number of amides is 5. The lowest BCUT2D eigenvalue weighted by Crippen LogP contribution is -2.46. The van der Waals surface area contributed by atoms with E-state index in [1.54, 1.807) is 101 Å². The summed E-state index contributed by atoms with van der Waals surface area (Å²) < 4.78 is 92.6. The number of fused-ring (bicyclic) bond motifs is 14. The molecule has 2 atom stereocenters. The summed E-state index contributed by atoms with van der Waals surface area (Å²) in [5.41, 5.74) is 14.5. The summed E-state index contributed by atoms with van der Waals surface area (Å²) in [6.45, 7) is 2.92. The third-order valence-electron chi connectivity index (χ3n) is 19.5. The highest BCUT2D eigenvalue weighted by molar-refractivity contribution is 6.34. The van der Waals surface area contributed by atoms with Crippen LogP contribution in [0.1, 0.15) is 144 Å². The number of rotatable bonds is 13. The Kier molecular flexibility index (Phi) is 23.0. The number of furan rings is 4. The molecule has 0 bridgehead atoms. The molecule has 0 radical (unpaired) electrons. The minimum Gasteiger partial charge on any atom is -0.475 e. The van der Waals surface area contributed by atoms with Crippen LogP contribution in [0.4, 0.5) is 17.6 Å². The van der Waals surface area contributed by atoms with Crippen molar-refractivity contribution < 1.29 is 88.2 Å². The number of carboxylic acids is 1. The van der Waals surface area contributed by atoms with Gasteiger partial charge in [0.1, 0.15) is 23.0 Å². The van der Waals surface area contributed by atoms with Crippen molar-refractivity contribution >= 4 is 82.2 Å². The molecule has 12 aromatic rings. The van der Waals surface area contributed by atoms with Crippen LogP contribution in [0.2, 0.25) is 15.1 Å². The maximum absolute atomic E-state index is 13.9. The number of esters is 2. The molecule has 0 unspecified atom stereocenters. The molecule has 0 saturated heterocycles. The number of hydrogen-bond donors (Lipinski definition) is 3. The van der Waals surface area contributed by atoms with E-state index in [1.165, 1.54) is 32.4 Å².